The lowest BCUT2D eigenvalue weighted by Crippen LogP contribution is -2.32. The lowest BCUT2D eigenvalue weighted by atomic mass is 10.1. The summed E-state index contributed by atoms with van der Waals surface area (Å²) in [4.78, 5) is -0.0666. The Morgan fingerprint density at radius 1 is 0.759 bits per heavy atom. The average molecular weight is 421 g/mol. The van der Waals surface area contributed by atoms with E-state index in [1.807, 2.05) is 6.92 Å². The monoisotopic (exact) mass is 420 g/mol. The fourth-order valence-electron chi connectivity index (χ4n) is 3.08. The summed E-state index contributed by atoms with van der Waals surface area (Å²) in [7, 11) is -4.02. The second kappa shape index (κ2) is 15.2. The zero-order valence-corrected chi connectivity index (χ0v) is 18.9. The highest BCUT2D eigenvalue weighted by Crippen LogP contribution is 2.10. The molecule has 5 heteroatoms. The summed E-state index contributed by atoms with van der Waals surface area (Å²) in [5.74, 6) is 0. The summed E-state index contributed by atoms with van der Waals surface area (Å²) < 4.78 is 31.8. The van der Waals surface area contributed by atoms with Crippen molar-refractivity contribution in [2.75, 3.05) is 0 Å². The molecule has 0 radical (unpaired) electrons. The molecule has 0 unspecified atom stereocenters. The molecule has 4 nitrogen and oxygen atoms in total. The summed E-state index contributed by atoms with van der Waals surface area (Å²) in [6, 6.07) is 12.3. The van der Waals surface area contributed by atoms with Crippen LogP contribution >= 0.6 is 0 Å². The quantitative estimate of drug-likeness (QED) is 0.255. The number of aryl methyl sites for hydroxylation is 2. The normalized spacial score (nSPS) is 11.0. The maximum absolute atomic E-state index is 10.5. The van der Waals surface area contributed by atoms with E-state index in [0.29, 0.717) is 0 Å². The van der Waals surface area contributed by atoms with Gasteiger partial charge in [0.1, 0.15) is 6.54 Å². The fraction of sp³-hybridized carbons (Fsp3) is 0.542. The zero-order valence-electron chi connectivity index (χ0n) is 18.1. The average Bonchev–Trinajstić information content (AvgIpc) is 2.70. The Kier molecular flexibility index (Phi) is 13.2. The largest absolute Gasteiger partial charge is 0.294 e. The van der Waals surface area contributed by atoms with Gasteiger partial charge < -0.3 is 0 Å². The molecule has 29 heavy (non-hydrogen) atoms. The summed E-state index contributed by atoms with van der Waals surface area (Å²) in [5, 5.41) is 0. The van der Waals surface area contributed by atoms with Crippen LogP contribution in [0.25, 0.3) is 0 Å². The van der Waals surface area contributed by atoms with Crippen LogP contribution in [-0.4, -0.2) is 13.0 Å². The molecular weight excluding hydrogens is 382 g/mol. The third kappa shape index (κ3) is 13.2. The van der Waals surface area contributed by atoms with Crippen molar-refractivity contribution >= 4 is 10.1 Å². The van der Waals surface area contributed by atoms with Gasteiger partial charge in [-0.3, -0.25) is 4.55 Å². The molecule has 1 N–H and O–H groups in total. The minimum absolute atomic E-state index is 0.0666. The van der Waals surface area contributed by atoms with Crippen molar-refractivity contribution < 1.29 is 17.5 Å². The maximum atomic E-state index is 10.5. The van der Waals surface area contributed by atoms with Crippen LogP contribution in [0, 0.1) is 6.92 Å². The van der Waals surface area contributed by atoms with E-state index >= 15 is 0 Å². The number of hydrogen-bond acceptors (Lipinski definition) is 2. The van der Waals surface area contributed by atoms with Crippen LogP contribution in [-0.2, 0) is 16.7 Å². The molecular formula is C24H38NO3S+. The first-order chi connectivity index (χ1) is 13.9. The molecule has 0 atom stereocenters. The SMILES string of the molecule is CCCCCCCCCCCC[n+]1ccccc1.Cc1ccc(S(=O)(=O)O)cc1. The predicted molar refractivity (Wildman–Crippen MR) is 119 cm³/mol. The van der Waals surface area contributed by atoms with E-state index in [2.05, 4.69) is 42.1 Å². The minimum Gasteiger partial charge on any atom is -0.282 e. The second-order valence-corrected chi connectivity index (χ2v) is 9.00. The molecule has 0 bridgehead atoms. The van der Waals surface area contributed by atoms with E-state index in [9.17, 15) is 8.42 Å². The lowest BCUT2D eigenvalue weighted by molar-refractivity contribution is -0.697. The number of benzene rings is 1. The minimum atomic E-state index is -4.02. The van der Waals surface area contributed by atoms with Gasteiger partial charge in [-0.05, 0) is 25.5 Å². The predicted octanol–water partition coefficient (Wildman–Crippen LogP) is 6.14. The van der Waals surface area contributed by atoms with Crippen molar-refractivity contribution in [3.05, 3.63) is 60.4 Å². The number of unbranched alkanes of at least 4 members (excludes halogenated alkanes) is 9. The van der Waals surface area contributed by atoms with Crippen LogP contribution in [0.2, 0.25) is 0 Å². The first kappa shape index (κ1) is 25.3. The van der Waals surface area contributed by atoms with Gasteiger partial charge >= 0.3 is 0 Å². The van der Waals surface area contributed by atoms with Crippen LogP contribution < -0.4 is 4.57 Å². The van der Waals surface area contributed by atoms with Gasteiger partial charge in [0.05, 0.1) is 4.90 Å². The third-order valence-electron chi connectivity index (χ3n) is 4.87. The van der Waals surface area contributed by atoms with Crippen molar-refractivity contribution in [2.45, 2.75) is 89.5 Å². The van der Waals surface area contributed by atoms with Gasteiger partial charge in [0.15, 0.2) is 12.4 Å². The van der Waals surface area contributed by atoms with Crippen LogP contribution in [0.1, 0.15) is 76.7 Å². The summed E-state index contributed by atoms with van der Waals surface area (Å²) in [5.41, 5.74) is 0.956. The molecule has 1 aromatic heterocycles. The highest BCUT2D eigenvalue weighted by Gasteiger charge is 2.06. The topological polar surface area (TPSA) is 58.2 Å². The lowest BCUT2D eigenvalue weighted by Gasteiger charge is -2.01. The molecule has 0 saturated carbocycles. The summed E-state index contributed by atoms with van der Waals surface area (Å²) >= 11 is 0. The number of nitrogens with zero attached hydrogens (tertiary/aromatic N) is 1. The van der Waals surface area contributed by atoms with Gasteiger partial charge in [0.25, 0.3) is 10.1 Å². The van der Waals surface area contributed by atoms with Gasteiger partial charge in [0.2, 0.25) is 0 Å². The number of rotatable bonds is 12. The first-order valence-electron chi connectivity index (χ1n) is 10.9. The molecule has 1 aromatic carbocycles. The summed E-state index contributed by atoms with van der Waals surface area (Å²) in [6.07, 6.45) is 18.5. The number of aromatic nitrogens is 1. The molecule has 0 spiro atoms. The Hall–Kier alpha value is -1.72. The van der Waals surface area contributed by atoms with Crippen molar-refractivity contribution in [2.24, 2.45) is 0 Å². The Morgan fingerprint density at radius 2 is 1.24 bits per heavy atom. The van der Waals surface area contributed by atoms with Crippen molar-refractivity contribution in [3.63, 3.8) is 0 Å². The van der Waals surface area contributed by atoms with Gasteiger partial charge in [0, 0.05) is 18.6 Å². The standard InChI is InChI=1S/C17H30N.C7H8O3S/c1-2-3-4-5-6-7-8-9-10-12-15-18-16-13-11-14-17-18;1-6-2-4-7(5-3-6)11(8,9)10/h11,13-14,16-17H,2-10,12,15H2,1H3;2-5H,1H3,(H,8,9,10)/q+1;. The molecule has 2 rings (SSSR count). The van der Waals surface area contributed by atoms with Crippen molar-refractivity contribution in [3.8, 4) is 0 Å². The first-order valence-corrected chi connectivity index (χ1v) is 12.4. The molecule has 0 aliphatic carbocycles. The Labute approximate surface area is 177 Å². The van der Waals surface area contributed by atoms with E-state index in [1.165, 1.54) is 82.9 Å². The van der Waals surface area contributed by atoms with E-state index in [-0.39, 0.29) is 4.90 Å². The molecule has 1 heterocycles. The van der Waals surface area contributed by atoms with Gasteiger partial charge in [-0.15, -0.1) is 0 Å². The highest BCUT2D eigenvalue weighted by atomic mass is 32.2. The second-order valence-electron chi connectivity index (χ2n) is 7.58. The fourth-order valence-corrected chi connectivity index (χ4v) is 3.56. The van der Waals surface area contributed by atoms with Crippen LogP contribution in [0.5, 0.6) is 0 Å². The maximum Gasteiger partial charge on any atom is 0.294 e. The summed E-state index contributed by atoms with van der Waals surface area (Å²) in [6.45, 7) is 5.30. The van der Waals surface area contributed by atoms with Crippen LogP contribution in [0.15, 0.2) is 59.8 Å². The molecule has 0 aliphatic heterocycles. The van der Waals surface area contributed by atoms with E-state index < -0.39 is 10.1 Å². The van der Waals surface area contributed by atoms with Crippen molar-refractivity contribution in [1.82, 2.24) is 0 Å². The molecule has 2 aromatic rings. The molecule has 0 saturated heterocycles. The van der Waals surface area contributed by atoms with E-state index in [4.69, 9.17) is 4.55 Å². The van der Waals surface area contributed by atoms with Gasteiger partial charge in [-0.25, -0.2) is 4.57 Å². The van der Waals surface area contributed by atoms with Gasteiger partial charge in [-0.1, -0.05) is 82.1 Å². The van der Waals surface area contributed by atoms with Crippen LogP contribution in [0.3, 0.4) is 0 Å². The van der Waals surface area contributed by atoms with Gasteiger partial charge in [-0.2, -0.15) is 8.42 Å². The highest BCUT2D eigenvalue weighted by molar-refractivity contribution is 7.85. The molecule has 162 valence electrons. The Bertz CT molecular complexity index is 743. The number of hydrogen-bond donors (Lipinski definition) is 1. The zero-order chi connectivity index (χ0) is 21.4. The smallest absolute Gasteiger partial charge is 0.282 e. The van der Waals surface area contributed by atoms with E-state index in [1.54, 1.807) is 12.1 Å². The van der Waals surface area contributed by atoms with E-state index in [0.717, 1.165) is 5.56 Å². The Balaban J connectivity index is 0.000000326. The molecule has 0 aliphatic rings. The Morgan fingerprint density at radius 3 is 1.72 bits per heavy atom. The number of pyridine rings is 1. The van der Waals surface area contributed by atoms with Crippen LogP contribution in [0.4, 0.5) is 0 Å². The molecule has 0 fully saturated rings. The molecule has 0 amide bonds. The third-order valence-corrected chi connectivity index (χ3v) is 5.73. The van der Waals surface area contributed by atoms with Crippen molar-refractivity contribution in [1.29, 1.82) is 0 Å².